The Morgan fingerprint density at radius 2 is 1.85 bits per heavy atom. The summed E-state index contributed by atoms with van der Waals surface area (Å²) in [4.78, 5) is 14.8. The zero-order valence-electron chi connectivity index (χ0n) is 10.9. The van der Waals surface area contributed by atoms with Gasteiger partial charge in [0.2, 0.25) is 0 Å². The predicted molar refractivity (Wildman–Crippen MR) is 61.0 cm³/mol. The van der Waals surface area contributed by atoms with Gasteiger partial charge in [-0.2, -0.15) is 18.3 Å². The Balaban J connectivity index is 2.82. The minimum Gasteiger partial charge on any atom is -0.543 e. The van der Waals surface area contributed by atoms with Crippen LogP contribution in [0.4, 0.5) is 13.2 Å². The van der Waals surface area contributed by atoms with E-state index in [9.17, 15) is 23.1 Å². The van der Waals surface area contributed by atoms with Gasteiger partial charge in [0.15, 0.2) is 5.65 Å². The molecule has 0 spiro atoms. The first kappa shape index (κ1) is 14.3. The smallest absolute Gasteiger partial charge is 0.433 e. The van der Waals surface area contributed by atoms with Gasteiger partial charge < -0.3 is 9.90 Å². The molecule has 0 radical (unpaired) electrons. The fraction of sp³-hybridized carbons (Fsp3) is 0.417. The maximum atomic E-state index is 13.0. The molecule has 2 aromatic rings. The van der Waals surface area contributed by atoms with Gasteiger partial charge in [0.1, 0.15) is 11.4 Å². The average Bonchev–Trinajstić information content (AvgIpc) is 2.68. The van der Waals surface area contributed by atoms with Gasteiger partial charge >= 0.3 is 6.18 Å². The van der Waals surface area contributed by atoms with Gasteiger partial charge in [-0.1, -0.05) is 20.8 Å². The van der Waals surface area contributed by atoms with Crippen LogP contribution in [-0.2, 0) is 11.6 Å². The highest BCUT2D eigenvalue weighted by Crippen LogP contribution is 2.32. The van der Waals surface area contributed by atoms with Crippen LogP contribution in [0.25, 0.3) is 5.65 Å². The molecule has 2 rings (SSSR count). The van der Waals surface area contributed by atoms with Gasteiger partial charge in [-0.3, -0.25) is 0 Å². The molecular weight excluding hydrogens is 275 g/mol. The number of aromatic carboxylic acids is 1. The van der Waals surface area contributed by atoms with Crippen molar-refractivity contribution in [1.29, 1.82) is 0 Å². The third-order valence-electron chi connectivity index (χ3n) is 2.70. The first-order valence-electron chi connectivity index (χ1n) is 5.70. The minimum absolute atomic E-state index is 0.177. The molecule has 0 atom stereocenters. The normalized spacial score (nSPS) is 12.9. The number of carboxylic acid groups (broad SMARTS) is 1. The van der Waals surface area contributed by atoms with Gasteiger partial charge in [-0.05, 0) is 6.07 Å². The number of carboxylic acids is 1. The quantitative estimate of drug-likeness (QED) is 0.794. The molecule has 108 valence electrons. The average molecular weight is 286 g/mol. The molecule has 0 amide bonds. The van der Waals surface area contributed by atoms with E-state index in [1.54, 1.807) is 20.8 Å². The molecular formula is C12H11F3N3O2-. The number of alkyl halides is 3. The summed E-state index contributed by atoms with van der Waals surface area (Å²) in [6, 6.07) is 1.83. The third-order valence-corrected chi connectivity index (χ3v) is 2.70. The van der Waals surface area contributed by atoms with Gasteiger partial charge in [0.05, 0.1) is 11.7 Å². The van der Waals surface area contributed by atoms with Crippen LogP contribution < -0.4 is 5.11 Å². The summed E-state index contributed by atoms with van der Waals surface area (Å²) in [6.07, 6.45) is -4.67. The van der Waals surface area contributed by atoms with Gasteiger partial charge in [0.25, 0.3) is 0 Å². The molecule has 0 aliphatic rings. The summed E-state index contributed by atoms with van der Waals surface area (Å²) in [7, 11) is 0. The number of fused-ring (bicyclic) bond motifs is 1. The van der Waals surface area contributed by atoms with Gasteiger partial charge in [-0.25, -0.2) is 9.50 Å². The standard InChI is InChI=1S/C12H12F3N3O2/c1-11(2,3)7-5-8(12(13,14)15)18-9(16-7)4-6(17-18)10(19)20/h4-5H,1-3H3,(H,19,20)/p-1. The first-order valence-corrected chi connectivity index (χ1v) is 5.70. The number of nitrogens with zero attached hydrogens (tertiary/aromatic N) is 3. The lowest BCUT2D eigenvalue weighted by molar-refractivity contribution is -0.255. The van der Waals surface area contributed by atoms with Crippen molar-refractivity contribution in [3.05, 3.63) is 29.2 Å². The summed E-state index contributed by atoms with van der Waals surface area (Å²) in [5, 5.41) is 14.1. The lowest BCUT2D eigenvalue weighted by Crippen LogP contribution is -2.23. The zero-order valence-corrected chi connectivity index (χ0v) is 10.9. The Kier molecular flexibility index (Phi) is 2.99. The van der Waals surface area contributed by atoms with E-state index in [1.807, 2.05) is 0 Å². The van der Waals surface area contributed by atoms with E-state index in [0.717, 1.165) is 12.1 Å². The highest BCUT2D eigenvalue weighted by molar-refractivity contribution is 5.84. The van der Waals surface area contributed by atoms with Crippen molar-refractivity contribution in [2.75, 3.05) is 0 Å². The Bertz CT molecular complexity index is 684. The minimum atomic E-state index is -4.67. The molecule has 20 heavy (non-hydrogen) atoms. The Hall–Kier alpha value is -2.12. The maximum absolute atomic E-state index is 13.0. The molecule has 0 unspecified atom stereocenters. The highest BCUT2D eigenvalue weighted by Gasteiger charge is 2.36. The van der Waals surface area contributed by atoms with E-state index >= 15 is 0 Å². The number of halogens is 3. The molecule has 5 nitrogen and oxygen atoms in total. The zero-order chi connectivity index (χ0) is 15.3. The van der Waals surface area contributed by atoms with Crippen molar-refractivity contribution < 1.29 is 23.1 Å². The van der Waals surface area contributed by atoms with Crippen LogP contribution in [0.5, 0.6) is 0 Å². The maximum Gasteiger partial charge on any atom is 0.433 e. The third kappa shape index (κ3) is 2.45. The van der Waals surface area contributed by atoms with Crippen molar-refractivity contribution in [1.82, 2.24) is 14.6 Å². The van der Waals surface area contributed by atoms with Crippen LogP contribution >= 0.6 is 0 Å². The first-order chi connectivity index (χ1) is 9.00. The molecule has 2 aromatic heterocycles. The molecule has 0 aromatic carbocycles. The Morgan fingerprint density at radius 1 is 1.25 bits per heavy atom. The molecule has 0 fully saturated rings. The second-order valence-electron chi connectivity index (χ2n) is 5.36. The van der Waals surface area contributed by atoms with Crippen LogP contribution in [0.2, 0.25) is 0 Å². The van der Waals surface area contributed by atoms with Crippen molar-refractivity contribution >= 4 is 11.6 Å². The van der Waals surface area contributed by atoms with Gasteiger partial charge in [0, 0.05) is 11.5 Å². The summed E-state index contributed by atoms with van der Waals surface area (Å²) < 4.78 is 39.6. The fourth-order valence-electron chi connectivity index (χ4n) is 1.66. The van der Waals surface area contributed by atoms with Crippen LogP contribution in [0, 0.1) is 0 Å². The van der Waals surface area contributed by atoms with Crippen LogP contribution in [0.1, 0.15) is 42.6 Å². The molecule has 0 saturated heterocycles. The topological polar surface area (TPSA) is 70.3 Å². The van der Waals surface area contributed by atoms with E-state index in [-0.39, 0.29) is 11.3 Å². The number of hydrogen-bond acceptors (Lipinski definition) is 4. The largest absolute Gasteiger partial charge is 0.543 e. The van der Waals surface area contributed by atoms with Crippen LogP contribution in [0.15, 0.2) is 12.1 Å². The lowest BCUT2D eigenvalue weighted by atomic mass is 9.91. The van der Waals surface area contributed by atoms with E-state index < -0.39 is 28.9 Å². The summed E-state index contributed by atoms with van der Waals surface area (Å²) >= 11 is 0. The molecule has 2 heterocycles. The number of carbonyl (C=O) groups excluding carboxylic acids is 1. The Labute approximate surface area is 112 Å². The summed E-state index contributed by atoms with van der Waals surface area (Å²) in [5.74, 6) is -1.65. The molecule has 0 aliphatic heterocycles. The molecule has 0 N–H and O–H groups in total. The van der Waals surface area contributed by atoms with Crippen molar-refractivity contribution in [2.45, 2.75) is 32.4 Å². The molecule has 8 heteroatoms. The fourth-order valence-corrected chi connectivity index (χ4v) is 1.66. The highest BCUT2D eigenvalue weighted by atomic mass is 19.4. The van der Waals surface area contributed by atoms with E-state index in [1.165, 1.54) is 0 Å². The lowest BCUT2D eigenvalue weighted by Gasteiger charge is -2.19. The van der Waals surface area contributed by atoms with Crippen LogP contribution in [-0.4, -0.2) is 20.6 Å². The van der Waals surface area contributed by atoms with E-state index in [2.05, 4.69) is 10.1 Å². The van der Waals surface area contributed by atoms with E-state index in [0.29, 0.717) is 4.52 Å². The monoisotopic (exact) mass is 286 g/mol. The molecule has 0 saturated carbocycles. The number of rotatable bonds is 1. The number of hydrogen-bond donors (Lipinski definition) is 0. The number of aromatic nitrogens is 3. The van der Waals surface area contributed by atoms with Gasteiger partial charge in [-0.15, -0.1) is 0 Å². The molecule has 0 aliphatic carbocycles. The van der Waals surface area contributed by atoms with Crippen molar-refractivity contribution in [2.24, 2.45) is 0 Å². The van der Waals surface area contributed by atoms with Crippen LogP contribution in [0.3, 0.4) is 0 Å². The van der Waals surface area contributed by atoms with E-state index in [4.69, 9.17) is 0 Å². The number of carbonyl (C=O) groups is 1. The summed E-state index contributed by atoms with van der Waals surface area (Å²) in [6.45, 7) is 5.13. The van der Waals surface area contributed by atoms with Crippen molar-refractivity contribution in [3.8, 4) is 0 Å². The second-order valence-corrected chi connectivity index (χ2v) is 5.36. The second kappa shape index (κ2) is 4.19. The van der Waals surface area contributed by atoms with Crippen molar-refractivity contribution in [3.63, 3.8) is 0 Å². The Morgan fingerprint density at radius 3 is 2.30 bits per heavy atom. The molecule has 0 bridgehead atoms. The SMILES string of the molecule is CC(C)(C)c1cc(C(F)(F)F)n2nc(C(=O)[O-])cc2n1. The predicted octanol–water partition coefficient (Wildman–Crippen LogP) is 1.41. The summed E-state index contributed by atoms with van der Waals surface area (Å²) in [5.41, 5.74) is -2.26.